The fourth-order valence-electron chi connectivity index (χ4n) is 1.08. The topological polar surface area (TPSA) is 140 Å². The van der Waals surface area contributed by atoms with E-state index < -0.39 is 23.3 Å². The molecule has 0 spiro atoms. The van der Waals surface area contributed by atoms with E-state index in [0.717, 1.165) is 4.57 Å². The second kappa shape index (κ2) is 6.94. The summed E-state index contributed by atoms with van der Waals surface area (Å²) in [6.45, 7) is 1.37. The van der Waals surface area contributed by atoms with Crippen LogP contribution in [0.5, 0.6) is 0 Å². The molecule has 93 valence electrons. The van der Waals surface area contributed by atoms with E-state index in [-0.39, 0.29) is 63.2 Å². The number of carboxylic acid groups (broad SMARTS) is 1. The molecule has 0 aliphatic carbocycles. The number of hydrogen-bond acceptors (Lipinski definition) is 7. The summed E-state index contributed by atoms with van der Waals surface area (Å²) in [6.07, 6.45) is 0. The van der Waals surface area contributed by atoms with Crippen LogP contribution in [-0.2, 0) is 11.8 Å². The summed E-state index contributed by atoms with van der Waals surface area (Å²) in [6, 6.07) is -0.956. The number of nitrogens with two attached hydrogens (primary N) is 1. The van der Waals surface area contributed by atoms with E-state index in [1.807, 2.05) is 0 Å². The summed E-state index contributed by atoms with van der Waals surface area (Å²) in [4.78, 5) is 36.2. The summed E-state index contributed by atoms with van der Waals surface area (Å²) in [5, 5.41) is 13.6. The first-order valence-corrected chi connectivity index (χ1v) is 4.57. The molecule has 0 aliphatic rings. The molecule has 1 rings (SSSR count). The predicted molar refractivity (Wildman–Crippen MR) is 65.8 cm³/mol. The second-order valence-corrected chi connectivity index (χ2v) is 3.33. The molecule has 1 unspecified atom stereocenters. The molecule has 0 aliphatic heterocycles. The summed E-state index contributed by atoms with van der Waals surface area (Å²) in [5.41, 5.74) is 4.11. The molecule has 0 bridgehead atoms. The zero-order valence-electron chi connectivity index (χ0n) is 10.2. The van der Waals surface area contributed by atoms with Crippen molar-refractivity contribution >= 4 is 74.8 Å². The number of aromatic nitrogens is 2. The van der Waals surface area contributed by atoms with Crippen molar-refractivity contribution < 1.29 is 9.90 Å². The van der Waals surface area contributed by atoms with Gasteiger partial charge in [0.05, 0.1) is 0 Å². The van der Waals surface area contributed by atoms with E-state index in [2.05, 4.69) is 15.5 Å². The van der Waals surface area contributed by atoms with E-state index in [9.17, 15) is 14.5 Å². The van der Waals surface area contributed by atoms with Gasteiger partial charge in [0.2, 0.25) is 11.6 Å². The van der Waals surface area contributed by atoms with Crippen LogP contribution >= 0.6 is 0 Å². The Labute approximate surface area is 144 Å². The van der Waals surface area contributed by atoms with Crippen molar-refractivity contribution in [2.45, 2.75) is 13.0 Å². The molecular weight excluding hydrogens is 269 g/mol. The van der Waals surface area contributed by atoms with Crippen molar-refractivity contribution in [1.82, 2.24) is 9.55 Å². The van der Waals surface area contributed by atoms with E-state index in [4.69, 9.17) is 10.8 Å². The molecule has 1 aromatic rings. The van der Waals surface area contributed by atoms with E-state index in [1.54, 1.807) is 0 Å². The minimum atomic E-state index is -1.12. The predicted octanol–water partition coefficient (Wildman–Crippen LogP) is -0.735. The number of anilines is 2. The van der Waals surface area contributed by atoms with Gasteiger partial charge in [0.25, 0.3) is 5.56 Å². The Hall–Kier alpha value is -0.814. The second-order valence-electron chi connectivity index (χ2n) is 3.33. The number of hydrogen-bond donors (Lipinski definition) is 3. The Bertz CT molecular complexity index is 529. The molecule has 1 atom stereocenters. The van der Waals surface area contributed by atoms with Crippen LogP contribution in [-0.4, -0.2) is 78.1 Å². The third kappa shape index (κ3) is 3.59. The van der Waals surface area contributed by atoms with Crippen molar-refractivity contribution in [1.29, 1.82) is 0 Å². The fourth-order valence-corrected chi connectivity index (χ4v) is 1.08. The monoisotopic (exact) mass is 280 g/mol. The number of nitroso groups, excluding NO2 is 1. The number of rotatable bonds is 4. The van der Waals surface area contributed by atoms with Crippen LogP contribution in [0.25, 0.3) is 0 Å². The number of nitrogens with zero attached hydrogens (tertiary/aromatic N) is 3. The van der Waals surface area contributed by atoms with Crippen LogP contribution in [0.2, 0.25) is 0 Å². The summed E-state index contributed by atoms with van der Waals surface area (Å²) < 4.78 is 0.965. The van der Waals surface area contributed by atoms with Crippen molar-refractivity contribution in [3.8, 4) is 0 Å². The minimum Gasteiger partial charge on any atom is -0.480 e. The molecule has 0 amide bonds. The maximum Gasteiger partial charge on any atom is 0.325 e. The van der Waals surface area contributed by atoms with Gasteiger partial charge in [-0.2, -0.15) is 4.98 Å². The molecule has 0 saturated carbocycles. The standard InChI is InChI=1S/C8H11N5O4.K/c1-3(7(15)16)10-8-11-5(9)4(12-17)6(14)13(8)2;/h3H,9H2,1-2H3,(H,10,11)(H,15,16);. The maximum atomic E-state index is 11.6. The molecule has 4 N–H and O–H groups in total. The van der Waals surface area contributed by atoms with Gasteiger partial charge < -0.3 is 16.2 Å². The average Bonchev–Trinajstić information content (AvgIpc) is 2.26. The third-order valence-electron chi connectivity index (χ3n) is 2.10. The average molecular weight is 280 g/mol. The van der Waals surface area contributed by atoms with Gasteiger partial charge in [-0.25, -0.2) is 0 Å². The third-order valence-corrected chi connectivity index (χ3v) is 2.10. The number of carboxylic acids is 1. The van der Waals surface area contributed by atoms with Crippen LogP contribution in [0.1, 0.15) is 6.92 Å². The number of nitrogens with one attached hydrogen (secondary N) is 1. The Morgan fingerprint density at radius 3 is 2.61 bits per heavy atom. The van der Waals surface area contributed by atoms with Crippen LogP contribution in [0, 0.1) is 4.91 Å². The molecule has 0 aromatic carbocycles. The van der Waals surface area contributed by atoms with Gasteiger partial charge in [0.1, 0.15) is 6.04 Å². The molecule has 0 fully saturated rings. The Morgan fingerprint density at radius 2 is 2.17 bits per heavy atom. The van der Waals surface area contributed by atoms with Gasteiger partial charge >= 0.3 is 5.97 Å². The molecule has 1 heterocycles. The molecule has 1 aromatic heterocycles. The normalized spacial score (nSPS) is 11.2. The van der Waals surface area contributed by atoms with E-state index in [1.165, 1.54) is 14.0 Å². The zero-order valence-corrected chi connectivity index (χ0v) is 13.3. The van der Waals surface area contributed by atoms with Crippen LogP contribution in [0.3, 0.4) is 0 Å². The van der Waals surface area contributed by atoms with Crippen molar-refractivity contribution in [3.63, 3.8) is 0 Å². The van der Waals surface area contributed by atoms with Gasteiger partial charge in [-0.05, 0) is 12.1 Å². The van der Waals surface area contributed by atoms with Gasteiger partial charge in [0, 0.05) is 58.4 Å². The molecule has 18 heavy (non-hydrogen) atoms. The first-order chi connectivity index (χ1) is 7.88. The van der Waals surface area contributed by atoms with Crippen LogP contribution < -0.4 is 16.6 Å². The first kappa shape index (κ1) is 17.2. The van der Waals surface area contributed by atoms with E-state index in [0.29, 0.717) is 0 Å². The van der Waals surface area contributed by atoms with E-state index >= 15 is 0 Å². The van der Waals surface area contributed by atoms with Gasteiger partial charge in [-0.15, -0.1) is 4.91 Å². The van der Waals surface area contributed by atoms with Crippen LogP contribution in [0.15, 0.2) is 9.97 Å². The number of nitrogen functional groups attached to an aromatic ring is 1. The summed E-state index contributed by atoms with van der Waals surface area (Å²) >= 11 is 0. The maximum absolute atomic E-state index is 11.6. The number of carbonyl (C=O) groups is 1. The largest absolute Gasteiger partial charge is 0.480 e. The fraction of sp³-hybridized carbons (Fsp3) is 0.375. The quantitative estimate of drug-likeness (QED) is 0.487. The smallest absolute Gasteiger partial charge is 0.325 e. The minimum absolute atomic E-state index is 0. The van der Waals surface area contributed by atoms with Gasteiger partial charge in [0.15, 0.2) is 5.82 Å². The van der Waals surface area contributed by atoms with Gasteiger partial charge in [-0.1, -0.05) is 0 Å². The molecule has 1 radical (unpaired) electrons. The summed E-state index contributed by atoms with van der Waals surface area (Å²) in [7, 11) is 1.32. The Balaban J connectivity index is 0.00000289. The van der Waals surface area contributed by atoms with Crippen LogP contribution in [0.4, 0.5) is 17.5 Å². The molecule has 10 heteroatoms. The molecular formula is C8H11KN5O4. The zero-order chi connectivity index (χ0) is 13.2. The molecule has 0 saturated heterocycles. The molecule has 9 nitrogen and oxygen atoms in total. The van der Waals surface area contributed by atoms with Crippen molar-refractivity contribution in [2.24, 2.45) is 12.2 Å². The van der Waals surface area contributed by atoms with Crippen molar-refractivity contribution in [2.75, 3.05) is 11.1 Å². The van der Waals surface area contributed by atoms with Gasteiger partial charge in [-0.3, -0.25) is 14.2 Å². The van der Waals surface area contributed by atoms with Crippen molar-refractivity contribution in [3.05, 3.63) is 15.3 Å². The number of aliphatic carboxylic acids is 1. The Kier molecular flexibility index (Phi) is 6.63. The Morgan fingerprint density at radius 1 is 1.61 bits per heavy atom. The summed E-state index contributed by atoms with van der Waals surface area (Å²) in [5.74, 6) is -1.51. The SMILES string of the molecule is CC(Nc1nc(N)c(N=O)c(=O)n1C)C(=O)O.[K]. The first-order valence-electron chi connectivity index (χ1n) is 4.57.